The van der Waals surface area contributed by atoms with Crippen molar-refractivity contribution in [3.05, 3.63) is 27.3 Å². The first-order valence-electron chi connectivity index (χ1n) is 2.97. The van der Waals surface area contributed by atoms with Gasteiger partial charge < -0.3 is 5.11 Å². The summed E-state index contributed by atoms with van der Waals surface area (Å²) in [6.45, 7) is 0. The second-order valence-corrected chi connectivity index (χ2v) is 3.30. The number of para-hydroxylation sites is 1. The molecule has 0 spiro atoms. The van der Waals surface area contributed by atoms with E-state index in [2.05, 4.69) is 0 Å². The van der Waals surface area contributed by atoms with Crippen molar-refractivity contribution in [3.8, 4) is 5.75 Å². The van der Waals surface area contributed by atoms with Gasteiger partial charge >= 0.3 is 6.18 Å². The summed E-state index contributed by atoms with van der Waals surface area (Å²) in [4.78, 5) is 0. The van der Waals surface area contributed by atoms with Crippen LogP contribution in [0.25, 0.3) is 0 Å². The highest BCUT2D eigenvalue weighted by molar-refractivity contribution is 14.1. The molecule has 1 aromatic carbocycles. The van der Waals surface area contributed by atoms with Crippen molar-refractivity contribution in [2.45, 2.75) is 6.18 Å². The lowest BCUT2D eigenvalue weighted by Gasteiger charge is -2.08. The zero-order valence-corrected chi connectivity index (χ0v) is 7.85. The summed E-state index contributed by atoms with van der Waals surface area (Å²) in [7, 11) is 0. The third-order valence-corrected chi connectivity index (χ3v) is 2.16. The Bertz CT molecular complexity index is 295. The summed E-state index contributed by atoms with van der Waals surface area (Å²) in [6, 6.07) is 3.51. The molecule has 0 radical (unpaired) electrons. The number of benzene rings is 1. The number of halogens is 4. The fourth-order valence-corrected chi connectivity index (χ4v) is 1.24. The molecule has 1 aromatic rings. The third-order valence-electron chi connectivity index (χ3n) is 1.29. The molecule has 1 nitrogen and oxygen atoms in total. The number of rotatable bonds is 0. The molecule has 0 amide bonds. The first-order valence-corrected chi connectivity index (χ1v) is 4.05. The Balaban J connectivity index is 3.26. The Hall–Kier alpha value is -0.460. The van der Waals surface area contributed by atoms with Crippen LogP contribution in [0.1, 0.15) is 5.56 Å². The summed E-state index contributed by atoms with van der Waals surface area (Å²) < 4.78 is 36.4. The quantitative estimate of drug-likeness (QED) is 0.728. The predicted molar refractivity (Wildman–Crippen MR) is 45.8 cm³/mol. The van der Waals surface area contributed by atoms with Crippen molar-refractivity contribution in [3.63, 3.8) is 0 Å². The summed E-state index contributed by atoms with van der Waals surface area (Å²) >= 11 is 1.64. The fourth-order valence-electron chi connectivity index (χ4n) is 0.744. The molecular formula is C7H4F3IO. The van der Waals surface area contributed by atoms with E-state index in [1.165, 1.54) is 12.1 Å². The van der Waals surface area contributed by atoms with Crippen molar-refractivity contribution in [1.82, 2.24) is 0 Å². The van der Waals surface area contributed by atoms with Gasteiger partial charge in [0.05, 0.1) is 9.13 Å². The van der Waals surface area contributed by atoms with Crippen molar-refractivity contribution in [2.75, 3.05) is 0 Å². The van der Waals surface area contributed by atoms with Gasteiger partial charge in [-0.25, -0.2) is 0 Å². The molecule has 0 aromatic heterocycles. The van der Waals surface area contributed by atoms with Gasteiger partial charge in [0.15, 0.2) is 0 Å². The zero-order valence-electron chi connectivity index (χ0n) is 5.69. The maximum atomic E-state index is 12.1. The van der Waals surface area contributed by atoms with Gasteiger partial charge in [0, 0.05) is 0 Å². The Morgan fingerprint density at radius 2 is 1.83 bits per heavy atom. The van der Waals surface area contributed by atoms with E-state index < -0.39 is 17.5 Å². The highest BCUT2D eigenvalue weighted by Gasteiger charge is 2.34. The van der Waals surface area contributed by atoms with E-state index in [0.29, 0.717) is 0 Å². The van der Waals surface area contributed by atoms with E-state index in [1.807, 2.05) is 0 Å². The van der Waals surface area contributed by atoms with Crippen LogP contribution in [0.15, 0.2) is 18.2 Å². The average Bonchev–Trinajstić information content (AvgIpc) is 1.92. The lowest BCUT2D eigenvalue weighted by atomic mass is 10.2. The summed E-state index contributed by atoms with van der Waals surface area (Å²) in [6.07, 6.45) is -4.48. The van der Waals surface area contributed by atoms with E-state index in [0.717, 1.165) is 6.07 Å². The van der Waals surface area contributed by atoms with Gasteiger partial charge in [-0.15, -0.1) is 0 Å². The summed E-state index contributed by atoms with van der Waals surface area (Å²) in [5.41, 5.74) is -0.991. The molecular weight excluding hydrogens is 284 g/mol. The molecule has 0 aliphatic carbocycles. The molecule has 0 aliphatic rings. The normalized spacial score (nSPS) is 11.7. The third kappa shape index (κ3) is 1.82. The lowest BCUT2D eigenvalue weighted by Crippen LogP contribution is -2.05. The number of hydrogen-bond acceptors (Lipinski definition) is 1. The van der Waals surface area contributed by atoms with Gasteiger partial charge in [0.2, 0.25) is 0 Å². The minimum atomic E-state index is -4.48. The van der Waals surface area contributed by atoms with Gasteiger partial charge in [-0.3, -0.25) is 0 Å². The zero-order chi connectivity index (χ0) is 9.35. The SMILES string of the molecule is Oc1c(I)cccc1C(F)(F)F. The average molecular weight is 288 g/mol. The molecule has 12 heavy (non-hydrogen) atoms. The minimum Gasteiger partial charge on any atom is -0.506 e. The minimum absolute atomic E-state index is 0.197. The Morgan fingerprint density at radius 1 is 1.25 bits per heavy atom. The van der Waals surface area contributed by atoms with Gasteiger partial charge in [-0.1, -0.05) is 6.07 Å². The van der Waals surface area contributed by atoms with Gasteiger partial charge in [0.1, 0.15) is 5.75 Å². The lowest BCUT2D eigenvalue weighted by molar-refractivity contribution is -0.138. The molecule has 0 aliphatic heterocycles. The molecule has 1 rings (SSSR count). The number of alkyl halides is 3. The Labute approximate surface area is 80.3 Å². The molecule has 0 fully saturated rings. The van der Waals surface area contributed by atoms with Crippen LogP contribution in [-0.2, 0) is 6.18 Å². The second kappa shape index (κ2) is 3.12. The molecule has 0 heterocycles. The smallest absolute Gasteiger partial charge is 0.419 e. The molecule has 0 bridgehead atoms. The molecule has 0 unspecified atom stereocenters. The second-order valence-electron chi connectivity index (χ2n) is 2.13. The number of hydrogen-bond donors (Lipinski definition) is 1. The van der Waals surface area contributed by atoms with Crippen LogP contribution in [-0.4, -0.2) is 5.11 Å². The van der Waals surface area contributed by atoms with E-state index in [-0.39, 0.29) is 3.57 Å². The van der Waals surface area contributed by atoms with E-state index in [4.69, 9.17) is 5.11 Å². The van der Waals surface area contributed by atoms with E-state index in [9.17, 15) is 13.2 Å². The van der Waals surface area contributed by atoms with Crippen molar-refractivity contribution < 1.29 is 18.3 Å². The highest BCUT2D eigenvalue weighted by atomic mass is 127. The Kier molecular flexibility index (Phi) is 2.50. The van der Waals surface area contributed by atoms with E-state index >= 15 is 0 Å². The standard InChI is InChI=1S/C7H4F3IO/c8-7(9,10)4-2-1-3-5(11)6(4)12/h1-3,12H. The summed E-state index contributed by atoms with van der Waals surface area (Å²) in [5.74, 6) is -0.703. The van der Waals surface area contributed by atoms with Crippen molar-refractivity contribution in [1.29, 1.82) is 0 Å². The molecule has 66 valence electrons. The van der Waals surface area contributed by atoms with Gasteiger partial charge in [0.25, 0.3) is 0 Å². The Morgan fingerprint density at radius 3 is 2.25 bits per heavy atom. The molecule has 1 N–H and O–H groups in total. The molecule has 5 heteroatoms. The molecule has 0 atom stereocenters. The van der Waals surface area contributed by atoms with Crippen LogP contribution in [0, 0.1) is 3.57 Å². The van der Waals surface area contributed by atoms with Crippen molar-refractivity contribution in [2.24, 2.45) is 0 Å². The van der Waals surface area contributed by atoms with Gasteiger partial charge in [-0.05, 0) is 34.7 Å². The maximum Gasteiger partial charge on any atom is 0.419 e. The van der Waals surface area contributed by atoms with Crippen LogP contribution in [0.2, 0.25) is 0 Å². The topological polar surface area (TPSA) is 20.2 Å². The van der Waals surface area contributed by atoms with Gasteiger partial charge in [-0.2, -0.15) is 13.2 Å². The fraction of sp³-hybridized carbons (Fsp3) is 0.143. The van der Waals surface area contributed by atoms with Crippen molar-refractivity contribution >= 4 is 22.6 Å². The van der Waals surface area contributed by atoms with Crippen LogP contribution in [0.5, 0.6) is 5.75 Å². The summed E-state index contributed by atoms with van der Waals surface area (Å²) in [5, 5.41) is 9.01. The monoisotopic (exact) mass is 288 g/mol. The van der Waals surface area contributed by atoms with Crippen LogP contribution in [0.3, 0.4) is 0 Å². The first-order chi connectivity index (χ1) is 5.43. The molecule has 0 saturated heterocycles. The maximum absolute atomic E-state index is 12.1. The number of phenolic OH excluding ortho intramolecular Hbond substituents is 1. The highest BCUT2D eigenvalue weighted by Crippen LogP contribution is 2.37. The number of aromatic hydroxyl groups is 1. The van der Waals surface area contributed by atoms with Crippen LogP contribution >= 0.6 is 22.6 Å². The first kappa shape index (κ1) is 9.63. The van der Waals surface area contributed by atoms with Crippen LogP contribution < -0.4 is 0 Å². The largest absolute Gasteiger partial charge is 0.506 e. The predicted octanol–water partition coefficient (Wildman–Crippen LogP) is 3.02. The molecule has 0 saturated carbocycles. The van der Waals surface area contributed by atoms with E-state index in [1.54, 1.807) is 22.6 Å². The van der Waals surface area contributed by atoms with Crippen LogP contribution in [0.4, 0.5) is 13.2 Å². The number of phenols is 1.